The van der Waals surface area contributed by atoms with Crippen LogP contribution < -0.4 is 0 Å². The maximum absolute atomic E-state index is 13.2. The topological polar surface area (TPSA) is 59.2 Å². The zero-order chi connectivity index (χ0) is 20.5. The molecule has 0 saturated heterocycles. The average molecular weight is 398 g/mol. The molecule has 4 nitrogen and oxygen atoms in total. The molecule has 2 aromatic carbocycles. The maximum atomic E-state index is 13.2. The van der Waals surface area contributed by atoms with Crippen molar-refractivity contribution in [1.82, 2.24) is 4.98 Å². The number of H-pyrrole nitrogens is 1. The summed E-state index contributed by atoms with van der Waals surface area (Å²) >= 11 is 6.34. The number of hydrogen-bond acceptors (Lipinski definition) is 3. The summed E-state index contributed by atoms with van der Waals surface area (Å²) in [6.45, 7) is 6.13. The molecule has 28 heavy (non-hydrogen) atoms. The SMILES string of the molecule is COC(=O)c1ccc2c(C(=O)CC(C)(C)C)c(Cc3ccccc3Cl)[nH]c2c1. The number of benzene rings is 2. The Hall–Kier alpha value is -2.59. The molecule has 0 bridgehead atoms. The Labute approximate surface area is 169 Å². The lowest BCUT2D eigenvalue weighted by Gasteiger charge is -2.17. The van der Waals surface area contributed by atoms with Gasteiger partial charge in [0.1, 0.15) is 0 Å². The van der Waals surface area contributed by atoms with Crippen molar-refractivity contribution >= 4 is 34.3 Å². The van der Waals surface area contributed by atoms with Gasteiger partial charge in [0.2, 0.25) is 0 Å². The number of carbonyl (C=O) groups is 2. The number of ether oxygens (including phenoxy) is 1. The van der Waals surface area contributed by atoms with E-state index in [-0.39, 0.29) is 11.2 Å². The highest BCUT2D eigenvalue weighted by Crippen LogP contribution is 2.31. The molecule has 1 N–H and O–H groups in total. The van der Waals surface area contributed by atoms with Crippen LogP contribution in [0.4, 0.5) is 0 Å². The molecule has 0 radical (unpaired) electrons. The number of hydrogen-bond donors (Lipinski definition) is 1. The van der Waals surface area contributed by atoms with Crippen molar-refractivity contribution in [2.45, 2.75) is 33.6 Å². The second-order valence-electron chi connectivity index (χ2n) is 8.16. The lowest BCUT2D eigenvalue weighted by molar-refractivity contribution is 0.0600. The predicted molar refractivity (Wildman–Crippen MR) is 112 cm³/mol. The van der Waals surface area contributed by atoms with E-state index in [1.54, 1.807) is 12.1 Å². The van der Waals surface area contributed by atoms with E-state index < -0.39 is 5.97 Å². The molecule has 1 heterocycles. The summed E-state index contributed by atoms with van der Waals surface area (Å²) in [4.78, 5) is 28.4. The molecule has 146 valence electrons. The first-order valence-corrected chi connectivity index (χ1v) is 9.57. The Morgan fingerprint density at radius 1 is 1.11 bits per heavy atom. The number of aromatic amines is 1. The van der Waals surface area contributed by atoms with Crippen molar-refractivity contribution in [2.24, 2.45) is 5.41 Å². The lowest BCUT2D eigenvalue weighted by atomic mass is 9.86. The summed E-state index contributed by atoms with van der Waals surface area (Å²) < 4.78 is 4.81. The molecule has 3 aromatic rings. The van der Waals surface area contributed by atoms with Crippen molar-refractivity contribution in [1.29, 1.82) is 0 Å². The number of rotatable bonds is 5. The van der Waals surface area contributed by atoms with E-state index in [1.807, 2.05) is 51.1 Å². The molecule has 0 aliphatic carbocycles. The second kappa shape index (κ2) is 7.80. The largest absolute Gasteiger partial charge is 0.465 e. The quantitative estimate of drug-likeness (QED) is 0.436. The fourth-order valence-electron chi connectivity index (χ4n) is 3.35. The number of aromatic nitrogens is 1. The van der Waals surface area contributed by atoms with Gasteiger partial charge in [-0.2, -0.15) is 0 Å². The van der Waals surface area contributed by atoms with Gasteiger partial charge in [-0.15, -0.1) is 0 Å². The molecule has 3 rings (SSSR count). The van der Waals surface area contributed by atoms with Crippen LogP contribution in [-0.4, -0.2) is 23.8 Å². The van der Waals surface area contributed by atoms with Gasteiger partial charge in [-0.05, 0) is 29.2 Å². The number of Topliss-reactive ketones (excluding diaryl/α,β-unsaturated/α-hetero) is 1. The van der Waals surface area contributed by atoms with Gasteiger partial charge in [0.25, 0.3) is 0 Å². The van der Waals surface area contributed by atoms with E-state index in [1.165, 1.54) is 7.11 Å². The Balaban J connectivity index is 2.13. The highest BCUT2D eigenvalue weighted by atomic mass is 35.5. The first kappa shape index (κ1) is 20.2. The van der Waals surface area contributed by atoms with Crippen molar-refractivity contribution in [3.8, 4) is 0 Å². The van der Waals surface area contributed by atoms with Crippen molar-refractivity contribution < 1.29 is 14.3 Å². The molecular weight excluding hydrogens is 374 g/mol. The monoisotopic (exact) mass is 397 g/mol. The van der Waals surface area contributed by atoms with Gasteiger partial charge in [-0.1, -0.05) is 56.6 Å². The van der Waals surface area contributed by atoms with Gasteiger partial charge in [-0.3, -0.25) is 4.79 Å². The molecule has 1 aromatic heterocycles. The van der Waals surface area contributed by atoms with E-state index in [0.717, 1.165) is 22.2 Å². The first-order valence-electron chi connectivity index (χ1n) is 9.19. The van der Waals surface area contributed by atoms with Crippen molar-refractivity contribution in [2.75, 3.05) is 7.11 Å². The molecule has 0 unspecified atom stereocenters. The minimum Gasteiger partial charge on any atom is -0.465 e. The summed E-state index contributed by atoms with van der Waals surface area (Å²) in [7, 11) is 1.35. The third-order valence-corrected chi connectivity index (χ3v) is 4.96. The summed E-state index contributed by atoms with van der Waals surface area (Å²) in [5.74, 6) is -0.335. The minimum absolute atomic E-state index is 0.0756. The number of ketones is 1. The van der Waals surface area contributed by atoms with Crippen LogP contribution in [-0.2, 0) is 11.2 Å². The molecule has 0 aliphatic heterocycles. The Bertz CT molecular complexity index is 1040. The van der Waals surface area contributed by atoms with Crippen LogP contribution in [0.25, 0.3) is 10.9 Å². The van der Waals surface area contributed by atoms with E-state index in [4.69, 9.17) is 16.3 Å². The number of halogens is 1. The standard InChI is InChI=1S/C23H24ClNO3/c1-23(2,3)13-20(26)21-16-10-9-15(22(27)28-4)12-18(16)25-19(21)11-14-7-5-6-8-17(14)24/h5-10,12,25H,11,13H2,1-4H3. The average Bonchev–Trinajstić information content (AvgIpc) is 2.98. The van der Waals surface area contributed by atoms with E-state index in [2.05, 4.69) is 4.98 Å². The van der Waals surface area contributed by atoms with Gasteiger partial charge >= 0.3 is 5.97 Å². The van der Waals surface area contributed by atoms with Gasteiger partial charge in [0.05, 0.1) is 12.7 Å². The summed E-state index contributed by atoms with van der Waals surface area (Å²) in [5, 5.41) is 1.47. The molecule has 0 aliphatic rings. The van der Waals surface area contributed by atoms with E-state index in [0.29, 0.717) is 29.0 Å². The third-order valence-electron chi connectivity index (χ3n) is 4.59. The van der Waals surface area contributed by atoms with E-state index in [9.17, 15) is 9.59 Å². The predicted octanol–water partition coefficient (Wildman–Crippen LogP) is 5.82. The zero-order valence-corrected chi connectivity index (χ0v) is 17.3. The van der Waals surface area contributed by atoms with Crippen LogP contribution in [0, 0.1) is 5.41 Å². The Morgan fingerprint density at radius 3 is 2.46 bits per heavy atom. The Kier molecular flexibility index (Phi) is 5.61. The van der Waals surface area contributed by atoms with E-state index >= 15 is 0 Å². The maximum Gasteiger partial charge on any atom is 0.337 e. The van der Waals surface area contributed by atoms with Crippen LogP contribution in [0.5, 0.6) is 0 Å². The van der Waals surface area contributed by atoms with Crippen LogP contribution >= 0.6 is 11.6 Å². The number of methoxy groups -OCH3 is 1. The summed E-state index contributed by atoms with van der Waals surface area (Å²) in [6.07, 6.45) is 0.932. The molecule has 0 amide bonds. The van der Waals surface area contributed by atoms with Gasteiger partial charge in [0.15, 0.2) is 5.78 Å². The molecule has 0 fully saturated rings. The number of nitrogens with one attached hydrogen (secondary N) is 1. The number of esters is 1. The fraction of sp³-hybridized carbons (Fsp3) is 0.304. The number of carbonyl (C=O) groups excluding carboxylic acids is 2. The van der Waals surface area contributed by atoms with Crippen molar-refractivity contribution in [3.63, 3.8) is 0 Å². The van der Waals surface area contributed by atoms with Crippen molar-refractivity contribution in [3.05, 3.63) is 69.9 Å². The summed E-state index contributed by atoms with van der Waals surface area (Å²) in [6, 6.07) is 12.8. The van der Waals surface area contributed by atoms with Crippen LogP contribution in [0.3, 0.4) is 0 Å². The minimum atomic E-state index is -0.410. The zero-order valence-electron chi connectivity index (χ0n) is 16.6. The second-order valence-corrected chi connectivity index (χ2v) is 8.57. The summed E-state index contributed by atoms with van der Waals surface area (Å²) in [5.41, 5.74) is 3.46. The molecule has 0 spiro atoms. The highest BCUT2D eigenvalue weighted by molar-refractivity contribution is 6.31. The third kappa shape index (κ3) is 4.28. The Morgan fingerprint density at radius 2 is 1.82 bits per heavy atom. The van der Waals surface area contributed by atoms with Gasteiger partial charge in [-0.25, -0.2) is 4.79 Å². The smallest absolute Gasteiger partial charge is 0.337 e. The lowest BCUT2D eigenvalue weighted by Crippen LogP contribution is -2.14. The van der Waals surface area contributed by atoms with Gasteiger partial charge in [0, 0.05) is 40.0 Å². The molecule has 0 saturated carbocycles. The fourth-order valence-corrected chi connectivity index (χ4v) is 3.55. The molecule has 5 heteroatoms. The number of fused-ring (bicyclic) bond motifs is 1. The highest BCUT2D eigenvalue weighted by Gasteiger charge is 2.24. The van der Waals surface area contributed by atoms with Crippen LogP contribution in [0.2, 0.25) is 5.02 Å². The normalized spacial score (nSPS) is 11.6. The first-order chi connectivity index (χ1) is 13.2. The van der Waals surface area contributed by atoms with Gasteiger partial charge < -0.3 is 9.72 Å². The van der Waals surface area contributed by atoms with Crippen LogP contribution in [0.1, 0.15) is 59.2 Å². The molecule has 0 atom stereocenters. The van der Waals surface area contributed by atoms with Crippen LogP contribution in [0.15, 0.2) is 42.5 Å². The molecular formula is C23H24ClNO3.